The Kier molecular flexibility index (Phi) is 6.25. The molecule has 0 atom stereocenters. The van der Waals surface area contributed by atoms with E-state index >= 15 is 0 Å². The summed E-state index contributed by atoms with van der Waals surface area (Å²) in [4.78, 5) is 16.7. The summed E-state index contributed by atoms with van der Waals surface area (Å²) in [5.74, 6) is -0.00556. The predicted molar refractivity (Wildman–Crippen MR) is 109 cm³/mol. The van der Waals surface area contributed by atoms with Crippen molar-refractivity contribution in [3.63, 3.8) is 0 Å². The molecule has 146 valence electrons. The van der Waals surface area contributed by atoms with Crippen molar-refractivity contribution in [2.75, 3.05) is 26.2 Å². The van der Waals surface area contributed by atoms with Gasteiger partial charge in [0.05, 0.1) is 9.77 Å². The monoisotopic (exact) mass is 426 g/mol. The van der Waals surface area contributed by atoms with E-state index in [4.69, 9.17) is 11.6 Å². The molecule has 1 amide bonds. The van der Waals surface area contributed by atoms with Crippen molar-refractivity contribution >= 4 is 38.9 Å². The van der Waals surface area contributed by atoms with E-state index in [1.807, 2.05) is 13.0 Å². The van der Waals surface area contributed by atoms with Gasteiger partial charge in [-0.25, -0.2) is 8.42 Å². The largest absolute Gasteiger partial charge is 0.335 e. The van der Waals surface area contributed by atoms with Crippen molar-refractivity contribution in [3.05, 3.63) is 50.7 Å². The number of aryl methyl sites for hydroxylation is 2. The van der Waals surface area contributed by atoms with Crippen LogP contribution in [0.2, 0.25) is 5.02 Å². The zero-order valence-corrected chi connectivity index (χ0v) is 17.8. The van der Waals surface area contributed by atoms with E-state index in [0.29, 0.717) is 31.2 Å². The molecule has 1 fully saturated rings. The van der Waals surface area contributed by atoms with E-state index in [-0.39, 0.29) is 10.8 Å². The maximum atomic E-state index is 12.8. The van der Waals surface area contributed by atoms with Crippen LogP contribution >= 0.6 is 22.9 Å². The van der Waals surface area contributed by atoms with Crippen LogP contribution in [0.5, 0.6) is 0 Å². The molecule has 2 aromatic rings. The molecular formula is C19H23ClN2O3S2. The lowest BCUT2D eigenvalue weighted by molar-refractivity contribution is 0.0702. The van der Waals surface area contributed by atoms with Crippen LogP contribution in [0, 0.1) is 6.92 Å². The van der Waals surface area contributed by atoms with E-state index in [0.717, 1.165) is 17.7 Å². The Balaban J connectivity index is 1.67. The Labute approximate surface area is 169 Å². The smallest absolute Gasteiger partial charge is 0.264 e. The van der Waals surface area contributed by atoms with Crippen molar-refractivity contribution in [1.29, 1.82) is 0 Å². The second-order valence-electron chi connectivity index (χ2n) is 6.59. The number of amides is 1. The summed E-state index contributed by atoms with van der Waals surface area (Å²) in [5, 5.41) is 0.498. The van der Waals surface area contributed by atoms with Gasteiger partial charge in [0.2, 0.25) is 10.0 Å². The van der Waals surface area contributed by atoms with Crippen LogP contribution in [0.15, 0.2) is 35.2 Å². The SMILES string of the molecule is CCCc1cc(C(=O)N2CCN(S(=O)(=O)c3ccc(Cl)cc3)CC2)sc1C. The number of sulfonamides is 1. The van der Waals surface area contributed by atoms with Crippen LogP contribution in [0.25, 0.3) is 0 Å². The molecule has 0 saturated carbocycles. The van der Waals surface area contributed by atoms with Crippen LogP contribution in [-0.4, -0.2) is 49.7 Å². The fraction of sp³-hybridized carbons (Fsp3) is 0.421. The Morgan fingerprint density at radius 1 is 1.15 bits per heavy atom. The normalized spacial score (nSPS) is 15.9. The van der Waals surface area contributed by atoms with Gasteiger partial charge in [-0.1, -0.05) is 24.9 Å². The van der Waals surface area contributed by atoms with Gasteiger partial charge in [0.25, 0.3) is 5.91 Å². The molecular weight excluding hydrogens is 404 g/mol. The Morgan fingerprint density at radius 2 is 1.78 bits per heavy atom. The number of hydrogen-bond acceptors (Lipinski definition) is 4. The van der Waals surface area contributed by atoms with Gasteiger partial charge in [-0.05, 0) is 49.2 Å². The minimum Gasteiger partial charge on any atom is -0.335 e. The highest BCUT2D eigenvalue weighted by molar-refractivity contribution is 7.89. The second kappa shape index (κ2) is 8.31. The first-order valence-electron chi connectivity index (χ1n) is 8.97. The summed E-state index contributed by atoms with van der Waals surface area (Å²) in [6, 6.07) is 8.16. The first-order chi connectivity index (χ1) is 12.8. The van der Waals surface area contributed by atoms with Gasteiger partial charge in [-0.3, -0.25) is 4.79 Å². The average molecular weight is 427 g/mol. The van der Waals surface area contributed by atoms with Gasteiger partial charge >= 0.3 is 0 Å². The van der Waals surface area contributed by atoms with Gasteiger partial charge in [0, 0.05) is 36.1 Å². The van der Waals surface area contributed by atoms with Gasteiger partial charge < -0.3 is 4.90 Å². The van der Waals surface area contributed by atoms with Crippen LogP contribution < -0.4 is 0 Å². The molecule has 1 aromatic heterocycles. The molecule has 8 heteroatoms. The van der Waals surface area contributed by atoms with E-state index < -0.39 is 10.0 Å². The quantitative estimate of drug-likeness (QED) is 0.730. The third kappa shape index (κ3) is 4.37. The van der Waals surface area contributed by atoms with E-state index in [9.17, 15) is 13.2 Å². The molecule has 1 saturated heterocycles. The van der Waals surface area contributed by atoms with Gasteiger partial charge in [-0.15, -0.1) is 11.3 Å². The Hall–Kier alpha value is -1.41. The Morgan fingerprint density at radius 3 is 2.37 bits per heavy atom. The van der Waals surface area contributed by atoms with Crippen LogP contribution in [-0.2, 0) is 16.4 Å². The van der Waals surface area contributed by atoms with Gasteiger partial charge in [0.15, 0.2) is 0 Å². The first kappa shape index (κ1) is 20.3. The molecule has 0 N–H and O–H groups in total. The molecule has 0 radical (unpaired) electrons. The number of hydrogen-bond donors (Lipinski definition) is 0. The van der Waals surface area contributed by atoms with Crippen molar-refractivity contribution in [3.8, 4) is 0 Å². The van der Waals surface area contributed by atoms with Crippen molar-refractivity contribution in [2.24, 2.45) is 0 Å². The number of carbonyl (C=O) groups is 1. The fourth-order valence-electron chi connectivity index (χ4n) is 3.19. The topological polar surface area (TPSA) is 57.7 Å². The molecule has 27 heavy (non-hydrogen) atoms. The van der Waals surface area contributed by atoms with E-state index in [2.05, 4.69) is 6.92 Å². The number of rotatable bonds is 5. The van der Waals surface area contributed by atoms with Crippen LogP contribution in [0.3, 0.4) is 0 Å². The average Bonchev–Trinajstić information content (AvgIpc) is 3.02. The zero-order chi connectivity index (χ0) is 19.6. The molecule has 3 rings (SSSR count). The molecule has 0 spiro atoms. The first-order valence-corrected chi connectivity index (χ1v) is 11.6. The highest BCUT2D eigenvalue weighted by Crippen LogP contribution is 2.25. The third-order valence-electron chi connectivity index (χ3n) is 4.73. The minimum atomic E-state index is -3.56. The number of nitrogens with zero attached hydrogens (tertiary/aromatic N) is 2. The maximum absolute atomic E-state index is 12.8. The summed E-state index contributed by atoms with van der Waals surface area (Å²) in [5.41, 5.74) is 1.23. The number of carbonyl (C=O) groups excluding carboxylic acids is 1. The number of thiophene rings is 1. The van der Waals surface area contributed by atoms with Crippen LogP contribution in [0.4, 0.5) is 0 Å². The lowest BCUT2D eigenvalue weighted by Crippen LogP contribution is -2.50. The van der Waals surface area contributed by atoms with Gasteiger partial charge in [-0.2, -0.15) is 4.31 Å². The summed E-state index contributed by atoms with van der Waals surface area (Å²) in [6.07, 6.45) is 2.02. The second-order valence-corrected chi connectivity index (χ2v) is 10.2. The molecule has 1 aliphatic rings. The van der Waals surface area contributed by atoms with Crippen molar-refractivity contribution in [1.82, 2.24) is 9.21 Å². The standard InChI is InChI=1S/C19H23ClN2O3S2/c1-3-4-15-13-18(26-14(15)2)19(23)21-9-11-22(12-10-21)27(24,25)17-7-5-16(20)6-8-17/h5-8,13H,3-4,9-12H2,1-2H3. The van der Waals surface area contributed by atoms with Crippen molar-refractivity contribution < 1.29 is 13.2 Å². The molecule has 1 aliphatic heterocycles. The summed E-state index contributed by atoms with van der Waals surface area (Å²) in [6.45, 7) is 5.55. The molecule has 0 aliphatic carbocycles. The fourth-order valence-corrected chi connectivity index (χ4v) is 5.77. The van der Waals surface area contributed by atoms with E-state index in [1.165, 1.54) is 38.2 Å². The highest BCUT2D eigenvalue weighted by atomic mass is 35.5. The molecule has 2 heterocycles. The molecule has 0 unspecified atom stereocenters. The van der Waals surface area contributed by atoms with E-state index in [1.54, 1.807) is 17.0 Å². The minimum absolute atomic E-state index is 0.00556. The molecule has 0 bridgehead atoms. The third-order valence-corrected chi connectivity index (χ3v) is 7.97. The lowest BCUT2D eigenvalue weighted by Gasteiger charge is -2.33. The Bertz CT molecular complexity index is 915. The number of halogens is 1. The molecule has 1 aromatic carbocycles. The zero-order valence-electron chi connectivity index (χ0n) is 15.4. The number of benzene rings is 1. The van der Waals surface area contributed by atoms with Crippen molar-refractivity contribution in [2.45, 2.75) is 31.6 Å². The lowest BCUT2D eigenvalue weighted by atomic mass is 10.1. The predicted octanol–water partition coefficient (Wildman–Crippen LogP) is 3.81. The highest BCUT2D eigenvalue weighted by Gasteiger charge is 2.31. The molecule has 5 nitrogen and oxygen atoms in total. The van der Waals surface area contributed by atoms with Crippen LogP contribution in [0.1, 0.15) is 33.5 Å². The summed E-state index contributed by atoms with van der Waals surface area (Å²) >= 11 is 7.37. The maximum Gasteiger partial charge on any atom is 0.264 e. The van der Waals surface area contributed by atoms with Gasteiger partial charge in [0.1, 0.15) is 0 Å². The number of piperazine rings is 1. The summed E-state index contributed by atoms with van der Waals surface area (Å²) in [7, 11) is -3.56. The summed E-state index contributed by atoms with van der Waals surface area (Å²) < 4.78 is 26.9.